The molecule has 7 heteroatoms. The van der Waals surface area contributed by atoms with E-state index in [4.69, 9.17) is 11.6 Å². The maximum absolute atomic E-state index is 12.3. The van der Waals surface area contributed by atoms with Gasteiger partial charge in [0, 0.05) is 26.6 Å². The number of carbonyl (C=O) groups excluding carboxylic acids is 1. The average molecular weight is 385 g/mol. The molecule has 0 saturated heterocycles. The van der Waals surface area contributed by atoms with E-state index in [9.17, 15) is 13.2 Å². The van der Waals surface area contributed by atoms with Crippen molar-refractivity contribution >= 4 is 27.5 Å². The van der Waals surface area contributed by atoms with Gasteiger partial charge in [-0.25, -0.2) is 13.1 Å². The average Bonchev–Trinajstić information content (AvgIpc) is 2.58. The van der Waals surface area contributed by atoms with Gasteiger partial charge in [-0.15, -0.1) is 0 Å². The van der Waals surface area contributed by atoms with E-state index in [1.807, 2.05) is 0 Å². The highest BCUT2D eigenvalue weighted by Gasteiger charge is 2.18. The number of hydrogen-bond donors (Lipinski definition) is 1. The van der Waals surface area contributed by atoms with Crippen LogP contribution in [0.15, 0.2) is 40.8 Å². The van der Waals surface area contributed by atoms with Gasteiger partial charge in [0.15, 0.2) is 0 Å². The lowest BCUT2D eigenvalue weighted by Crippen LogP contribution is -2.38. The summed E-state index contributed by atoms with van der Waals surface area (Å²) in [4.78, 5) is 13.5. The summed E-state index contributed by atoms with van der Waals surface area (Å²) >= 11 is 5.95. The Morgan fingerprint density at radius 3 is 2.64 bits per heavy atom. The number of allylic oxidation sites excluding steroid dienone is 1. The minimum absolute atomic E-state index is 0.0478. The Hall–Kier alpha value is -1.37. The number of hydrogen-bond acceptors (Lipinski definition) is 3. The quantitative estimate of drug-likeness (QED) is 0.699. The smallest absolute Gasteiger partial charge is 0.242 e. The molecule has 0 radical (unpaired) electrons. The lowest BCUT2D eigenvalue weighted by atomic mass is 9.97. The third-order valence-electron chi connectivity index (χ3n) is 4.33. The number of nitrogens with one attached hydrogen (secondary N) is 1. The highest BCUT2D eigenvalue weighted by molar-refractivity contribution is 7.89. The van der Waals surface area contributed by atoms with Gasteiger partial charge in [0.2, 0.25) is 15.9 Å². The molecule has 25 heavy (non-hydrogen) atoms. The summed E-state index contributed by atoms with van der Waals surface area (Å²) in [5, 5.41) is 0.183. The summed E-state index contributed by atoms with van der Waals surface area (Å²) in [6.07, 6.45) is 7.80. The molecule has 138 valence electrons. The molecule has 0 atom stereocenters. The Morgan fingerprint density at radius 1 is 1.24 bits per heavy atom. The molecule has 1 aliphatic carbocycles. The van der Waals surface area contributed by atoms with Crippen LogP contribution < -0.4 is 4.72 Å². The van der Waals surface area contributed by atoms with Gasteiger partial charge < -0.3 is 4.90 Å². The molecule has 5 nitrogen and oxygen atoms in total. The zero-order valence-electron chi connectivity index (χ0n) is 14.5. The third kappa shape index (κ3) is 6.13. The molecule has 1 aromatic carbocycles. The van der Waals surface area contributed by atoms with Gasteiger partial charge in [-0.1, -0.05) is 35.4 Å². The Labute approximate surface area is 155 Å². The lowest BCUT2D eigenvalue weighted by molar-refractivity contribution is -0.128. The fourth-order valence-corrected chi connectivity index (χ4v) is 4.43. The normalized spacial score (nSPS) is 14.9. The van der Waals surface area contributed by atoms with E-state index < -0.39 is 10.0 Å². The Bertz CT molecular complexity index is 732. The summed E-state index contributed by atoms with van der Waals surface area (Å²) in [5.41, 5.74) is 1.40. The Balaban J connectivity index is 1.87. The van der Waals surface area contributed by atoms with Gasteiger partial charge in [0.25, 0.3) is 0 Å². The SMILES string of the molecule is CC(=O)N(CCNS(=O)(=O)c1ccccc1Cl)CCC1=CCCCC1. The zero-order chi connectivity index (χ0) is 18.3. The van der Waals surface area contributed by atoms with Crippen LogP contribution in [0, 0.1) is 0 Å². The van der Waals surface area contributed by atoms with E-state index in [1.54, 1.807) is 17.0 Å². The van der Waals surface area contributed by atoms with E-state index in [0.717, 1.165) is 19.3 Å². The first-order valence-electron chi connectivity index (χ1n) is 8.58. The summed E-state index contributed by atoms with van der Waals surface area (Å²) in [6.45, 7) is 2.63. The van der Waals surface area contributed by atoms with Crippen LogP contribution in [0.1, 0.15) is 39.0 Å². The molecule has 1 aliphatic rings. The van der Waals surface area contributed by atoms with Crippen molar-refractivity contribution in [3.8, 4) is 0 Å². The number of halogens is 1. The molecule has 0 spiro atoms. The molecule has 0 bridgehead atoms. The second kappa shape index (κ2) is 9.36. The van der Waals surface area contributed by atoms with Crippen LogP contribution in [0.2, 0.25) is 5.02 Å². The Morgan fingerprint density at radius 2 is 2.00 bits per heavy atom. The zero-order valence-corrected chi connectivity index (χ0v) is 16.1. The third-order valence-corrected chi connectivity index (χ3v) is 6.29. The van der Waals surface area contributed by atoms with Gasteiger partial charge in [-0.05, 0) is 44.2 Å². The van der Waals surface area contributed by atoms with Crippen molar-refractivity contribution in [2.75, 3.05) is 19.6 Å². The summed E-state index contributed by atoms with van der Waals surface area (Å²) < 4.78 is 27.1. The minimum Gasteiger partial charge on any atom is -0.341 e. The van der Waals surface area contributed by atoms with E-state index in [1.165, 1.54) is 37.5 Å². The van der Waals surface area contributed by atoms with Crippen LogP contribution in [0.3, 0.4) is 0 Å². The van der Waals surface area contributed by atoms with Crippen LogP contribution in [0.25, 0.3) is 0 Å². The number of nitrogens with zero attached hydrogens (tertiary/aromatic N) is 1. The van der Waals surface area contributed by atoms with Crippen LogP contribution in [0.4, 0.5) is 0 Å². The summed E-state index contributed by atoms with van der Waals surface area (Å²) in [5.74, 6) is -0.0478. The first kappa shape index (κ1) is 19.9. The van der Waals surface area contributed by atoms with Crippen LogP contribution >= 0.6 is 11.6 Å². The van der Waals surface area contributed by atoms with E-state index in [-0.39, 0.29) is 22.4 Å². The van der Waals surface area contributed by atoms with E-state index in [2.05, 4.69) is 10.8 Å². The molecule has 0 unspecified atom stereocenters. The number of benzene rings is 1. The van der Waals surface area contributed by atoms with Crippen LogP contribution in [0.5, 0.6) is 0 Å². The predicted octanol–water partition coefficient (Wildman–Crippen LogP) is 3.36. The number of amides is 1. The second-order valence-electron chi connectivity index (χ2n) is 6.19. The van der Waals surface area contributed by atoms with Crippen molar-refractivity contribution in [3.63, 3.8) is 0 Å². The van der Waals surface area contributed by atoms with Crippen molar-refractivity contribution in [1.29, 1.82) is 0 Å². The van der Waals surface area contributed by atoms with Crippen molar-refractivity contribution < 1.29 is 13.2 Å². The number of carbonyl (C=O) groups is 1. The molecular formula is C18H25ClN2O3S. The number of sulfonamides is 1. The van der Waals surface area contributed by atoms with Gasteiger partial charge >= 0.3 is 0 Å². The summed E-state index contributed by atoms with van der Waals surface area (Å²) in [6, 6.07) is 6.30. The van der Waals surface area contributed by atoms with Crippen LogP contribution in [-0.4, -0.2) is 38.9 Å². The largest absolute Gasteiger partial charge is 0.341 e. The molecule has 2 rings (SSSR count). The van der Waals surface area contributed by atoms with E-state index in [0.29, 0.717) is 13.1 Å². The Kier molecular flexibility index (Phi) is 7.47. The maximum atomic E-state index is 12.3. The highest BCUT2D eigenvalue weighted by atomic mass is 35.5. The summed E-state index contributed by atoms with van der Waals surface area (Å²) in [7, 11) is -3.68. The fraction of sp³-hybridized carbons (Fsp3) is 0.500. The molecule has 1 aromatic rings. The highest BCUT2D eigenvalue weighted by Crippen LogP contribution is 2.21. The minimum atomic E-state index is -3.68. The predicted molar refractivity (Wildman–Crippen MR) is 100 cm³/mol. The standard InChI is InChI=1S/C18H25ClN2O3S/c1-15(22)21(13-11-16-7-3-2-4-8-16)14-12-20-25(23,24)18-10-6-5-9-17(18)19/h5-7,9-10,20H,2-4,8,11-14H2,1H3. The first-order chi connectivity index (χ1) is 11.9. The maximum Gasteiger partial charge on any atom is 0.242 e. The molecular weight excluding hydrogens is 360 g/mol. The van der Waals surface area contributed by atoms with Crippen molar-refractivity contribution in [2.24, 2.45) is 0 Å². The van der Waals surface area contributed by atoms with Gasteiger partial charge in [0.05, 0.1) is 5.02 Å². The molecule has 0 heterocycles. The van der Waals surface area contributed by atoms with E-state index >= 15 is 0 Å². The van der Waals surface area contributed by atoms with Crippen molar-refractivity contribution in [1.82, 2.24) is 9.62 Å². The fourth-order valence-electron chi connectivity index (χ4n) is 2.89. The first-order valence-corrected chi connectivity index (χ1v) is 10.4. The molecule has 0 aliphatic heterocycles. The second-order valence-corrected chi connectivity index (χ2v) is 8.33. The van der Waals surface area contributed by atoms with Crippen molar-refractivity contribution in [3.05, 3.63) is 40.9 Å². The van der Waals surface area contributed by atoms with Gasteiger partial charge in [-0.3, -0.25) is 4.79 Å². The van der Waals surface area contributed by atoms with Crippen molar-refractivity contribution in [2.45, 2.75) is 43.9 Å². The monoisotopic (exact) mass is 384 g/mol. The topological polar surface area (TPSA) is 66.5 Å². The molecule has 1 amide bonds. The van der Waals surface area contributed by atoms with Crippen LogP contribution in [-0.2, 0) is 14.8 Å². The van der Waals surface area contributed by atoms with Gasteiger partial charge in [-0.2, -0.15) is 0 Å². The molecule has 0 saturated carbocycles. The molecule has 0 fully saturated rings. The lowest BCUT2D eigenvalue weighted by Gasteiger charge is -2.23. The molecule has 1 N–H and O–H groups in total. The molecule has 0 aromatic heterocycles. The van der Waals surface area contributed by atoms with Gasteiger partial charge in [0.1, 0.15) is 4.90 Å². The number of rotatable bonds is 8.